The van der Waals surface area contributed by atoms with E-state index in [0.29, 0.717) is 61.9 Å². The van der Waals surface area contributed by atoms with Crippen molar-refractivity contribution in [3.05, 3.63) is 77.0 Å². The van der Waals surface area contributed by atoms with Gasteiger partial charge < -0.3 is 26.2 Å². The van der Waals surface area contributed by atoms with Crippen LogP contribution in [0.4, 0.5) is 15.9 Å². The summed E-state index contributed by atoms with van der Waals surface area (Å²) >= 11 is 0. The third-order valence-corrected chi connectivity index (χ3v) is 8.09. The molecule has 7 rings (SSSR count). The highest BCUT2D eigenvalue weighted by molar-refractivity contribution is 6.06. The Hall–Kier alpha value is -3.90. The van der Waals surface area contributed by atoms with Crippen LogP contribution in [-0.4, -0.2) is 62.3 Å². The molecule has 0 unspecified atom stereocenters. The van der Waals surface area contributed by atoms with Crippen molar-refractivity contribution in [2.45, 2.75) is 37.6 Å². The number of β-amino-alcohol motifs (C(OH)–C–C–N with tert-alkyl or cyclic N) is 1. The molecule has 3 aromatic heterocycles. The van der Waals surface area contributed by atoms with Gasteiger partial charge >= 0.3 is 0 Å². The van der Waals surface area contributed by atoms with Crippen molar-refractivity contribution >= 4 is 23.1 Å². The topological polar surface area (TPSA) is 130 Å². The van der Waals surface area contributed by atoms with Crippen LogP contribution in [0, 0.1) is 5.82 Å². The Morgan fingerprint density at radius 1 is 1.27 bits per heavy atom. The summed E-state index contributed by atoms with van der Waals surface area (Å²) < 4.78 is 21.2. The van der Waals surface area contributed by atoms with Crippen molar-refractivity contribution in [2.75, 3.05) is 31.6 Å². The maximum atomic E-state index is 13.7. The van der Waals surface area contributed by atoms with Crippen LogP contribution in [0.2, 0.25) is 0 Å². The van der Waals surface area contributed by atoms with Gasteiger partial charge in [0.15, 0.2) is 0 Å². The van der Waals surface area contributed by atoms with Crippen LogP contribution in [0.15, 0.2) is 48.8 Å². The molecular weight excluding hydrogens is 513 g/mol. The molecule has 0 saturated carbocycles. The van der Waals surface area contributed by atoms with Crippen molar-refractivity contribution in [3.63, 3.8) is 0 Å². The fourth-order valence-electron chi connectivity index (χ4n) is 6.09. The van der Waals surface area contributed by atoms with E-state index in [4.69, 9.17) is 15.5 Å². The van der Waals surface area contributed by atoms with Crippen molar-refractivity contribution in [1.29, 1.82) is 0 Å². The first kappa shape index (κ1) is 25.1. The molecule has 11 heteroatoms. The van der Waals surface area contributed by atoms with Gasteiger partial charge in [-0.25, -0.2) is 14.4 Å². The number of nitrogens with zero attached hydrogens (tertiary/aromatic N) is 4. The van der Waals surface area contributed by atoms with Crippen LogP contribution in [0.5, 0.6) is 0 Å². The molecule has 40 heavy (non-hydrogen) atoms. The molecule has 1 amide bonds. The summed E-state index contributed by atoms with van der Waals surface area (Å²) in [6, 6.07) is 10.6. The van der Waals surface area contributed by atoms with E-state index in [1.54, 1.807) is 12.4 Å². The van der Waals surface area contributed by atoms with Gasteiger partial charge in [0.25, 0.3) is 5.91 Å². The van der Waals surface area contributed by atoms with E-state index in [9.17, 15) is 14.3 Å². The number of benzene rings is 1. The molecule has 3 aliphatic rings. The largest absolute Gasteiger partial charge is 0.381 e. The highest BCUT2D eigenvalue weighted by Gasteiger charge is 2.33. The van der Waals surface area contributed by atoms with Crippen molar-refractivity contribution in [1.82, 2.24) is 24.6 Å². The van der Waals surface area contributed by atoms with Gasteiger partial charge in [-0.3, -0.25) is 14.1 Å². The van der Waals surface area contributed by atoms with Crippen LogP contribution < -0.4 is 16.4 Å². The predicted octanol–water partition coefficient (Wildman–Crippen LogP) is 2.88. The second kappa shape index (κ2) is 9.63. The Labute approximate surface area is 230 Å². The minimum absolute atomic E-state index is 0.168. The van der Waals surface area contributed by atoms with Crippen LogP contribution >= 0.6 is 0 Å². The third kappa shape index (κ3) is 4.50. The molecule has 0 spiro atoms. The molecule has 2 atom stereocenters. The fourth-order valence-corrected chi connectivity index (χ4v) is 6.09. The van der Waals surface area contributed by atoms with Gasteiger partial charge in [-0.15, -0.1) is 0 Å². The molecule has 0 radical (unpaired) electrons. The van der Waals surface area contributed by atoms with Gasteiger partial charge in [-0.2, -0.15) is 0 Å². The zero-order valence-electron chi connectivity index (χ0n) is 21.9. The lowest BCUT2D eigenvalue weighted by atomic mass is 9.96. The number of likely N-dealkylation sites (tertiary alicyclic amines) is 1. The number of nitrogens with two attached hydrogens (primary N) is 1. The van der Waals surface area contributed by atoms with Crippen molar-refractivity contribution in [3.8, 4) is 11.3 Å². The third-order valence-electron chi connectivity index (χ3n) is 8.09. The number of anilines is 2. The number of carbonyl (C=O) groups is 1. The average Bonchev–Trinajstić information content (AvgIpc) is 3.72. The summed E-state index contributed by atoms with van der Waals surface area (Å²) in [6.45, 7) is 3.41. The first-order valence-electron chi connectivity index (χ1n) is 13.5. The predicted molar refractivity (Wildman–Crippen MR) is 146 cm³/mol. The lowest BCUT2D eigenvalue weighted by molar-refractivity contribution is 0.0550. The maximum absolute atomic E-state index is 13.7. The molecule has 6 heterocycles. The van der Waals surface area contributed by atoms with Gasteiger partial charge in [0.2, 0.25) is 0 Å². The Balaban J connectivity index is 1.23. The van der Waals surface area contributed by atoms with E-state index >= 15 is 0 Å². The number of halogens is 1. The number of hydrogen-bond donors (Lipinski definition) is 4. The standard InChI is InChI=1S/C29H30FN7O3/c30-18-5-8-37-24(13-32-26(37)11-18)20-1-3-22(27-21(20)12-33-28(27)38)34-25-4-2-19(17-6-10-40-15-17)23(35-25)14-36-9-7-29(31,39)16-36/h1-5,8,11,13,17,39H,6-7,9-10,12,14-16,31H2,(H,33,38)(H,34,35)/t17-,29+/m0/s1. The molecule has 1 aromatic carbocycles. The van der Waals surface area contributed by atoms with E-state index in [2.05, 4.69) is 26.6 Å². The maximum Gasteiger partial charge on any atom is 0.254 e. The van der Waals surface area contributed by atoms with Crippen LogP contribution in [0.1, 0.15) is 45.9 Å². The average molecular weight is 544 g/mol. The Morgan fingerprint density at radius 3 is 2.98 bits per heavy atom. The number of nitrogens with one attached hydrogen (secondary N) is 2. The van der Waals surface area contributed by atoms with Crippen molar-refractivity contribution in [2.24, 2.45) is 5.73 Å². The quantitative estimate of drug-likeness (QED) is 0.273. The van der Waals surface area contributed by atoms with E-state index < -0.39 is 5.72 Å². The molecule has 2 fully saturated rings. The number of hydrogen-bond acceptors (Lipinski definition) is 8. The summed E-state index contributed by atoms with van der Waals surface area (Å²) in [5.41, 5.74) is 11.0. The van der Waals surface area contributed by atoms with Crippen LogP contribution in [-0.2, 0) is 17.8 Å². The van der Waals surface area contributed by atoms with E-state index in [1.807, 2.05) is 22.6 Å². The second-order valence-corrected chi connectivity index (χ2v) is 10.9. The molecule has 3 aliphatic heterocycles. The van der Waals surface area contributed by atoms with Gasteiger partial charge in [0.05, 0.1) is 35.4 Å². The molecule has 206 valence electrons. The number of aliphatic hydroxyl groups is 1. The van der Waals surface area contributed by atoms with Crippen LogP contribution in [0.25, 0.3) is 16.9 Å². The summed E-state index contributed by atoms with van der Waals surface area (Å²) in [5, 5.41) is 16.6. The fraction of sp³-hybridized carbons (Fsp3) is 0.345. The SMILES string of the molecule is N[C@@]1(O)CCN(Cc2nc(Nc3ccc(-c4cnc5cc(F)ccn45)c4c3C(=O)NC4)ccc2[C@H]2CCOC2)C1. The minimum Gasteiger partial charge on any atom is -0.381 e. The summed E-state index contributed by atoms with van der Waals surface area (Å²) in [4.78, 5) is 24.4. The highest BCUT2D eigenvalue weighted by atomic mass is 19.1. The number of rotatable bonds is 6. The van der Waals surface area contributed by atoms with E-state index in [-0.39, 0.29) is 17.6 Å². The molecular formula is C29H30FN7O3. The number of fused-ring (bicyclic) bond motifs is 2. The van der Waals surface area contributed by atoms with Gasteiger partial charge in [0.1, 0.15) is 23.0 Å². The smallest absolute Gasteiger partial charge is 0.254 e. The molecule has 5 N–H and O–H groups in total. The number of amides is 1. The Kier molecular flexibility index (Phi) is 6.04. The normalized spacial score (nSPS) is 22.7. The van der Waals surface area contributed by atoms with Gasteiger partial charge in [0, 0.05) is 63.0 Å². The molecule has 2 saturated heterocycles. The first-order chi connectivity index (χ1) is 19.3. The Morgan fingerprint density at radius 2 is 2.17 bits per heavy atom. The zero-order chi connectivity index (χ0) is 27.4. The summed E-state index contributed by atoms with van der Waals surface area (Å²) in [7, 11) is 0. The van der Waals surface area contributed by atoms with Gasteiger partial charge in [-0.1, -0.05) is 12.1 Å². The molecule has 4 aromatic rings. The lowest BCUT2D eigenvalue weighted by Crippen LogP contribution is -2.42. The zero-order valence-corrected chi connectivity index (χ0v) is 21.9. The highest BCUT2D eigenvalue weighted by Crippen LogP contribution is 2.36. The summed E-state index contributed by atoms with van der Waals surface area (Å²) in [6.07, 6.45) is 4.79. The van der Waals surface area contributed by atoms with Gasteiger partial charge in [-0.05, 0) is 35.7 Å². The lowest BCUT2D eigenvalue weighted by Gasteiger charge is -2.22. The molecule has 0 aliphatic carbocycles. The number of aromatic nitrogens is 3. The summed E-state index contributed by atoms with van der Waals surface area (Å²) in [5.74, 6) is 0.371. The molecule has 10 nitrogen and oxygen atoms in total. The number of imidazole rings is 1. The van der Waals surface area contributed by atoms with Crippen LogP contribution in [0.3, 0.4) is 0 Å². The van der Waals surface area contributed by atoms with Crippen molar-refractivity contribution < 1.29 is 19.0 Å². The number of carbonyl (C=O) groups excluding carboxylic acids is 1. The monoisotopic (exact) mass is 543 g/mol. The van der Waals surface area contributed by atoms with E-state index in [0.717, 1.165) is 41.1 Å². The number of ether oxygens (including phenoxy) is 1. The Bertz CT molecular complexity index is 1630. The van der Waals surface area contributed by atoms with E-state index in [1.165, 1.54) is 12.1 Å². The first-order valence-corrected chi connectivity index (χ1v) is 13.5. The second-order valence-electron chi connectivity index (χ2n) is 10.9. The number of pyridine rings is 2. The minimum atomic E-state index is -1.18. The molecule has 0 bridgehead atoms.